The zero-order chi connectivity index (χ0) is 14.0. The van der Waals surface area contributed by atoms with Crippen LogP contribution >= 0.6 is 0 Å². The number of methoxy groups -OCH3 is 1. The summed E-state index contributed by atoms with van der Waals surface area (Å²) >= 11 is 0. The van der Waals surface area contributed by atoms with Crippen molar-refractivity contribution in [3.05, 3.63) is 39.9 Å². The second-order valence-corrected chi connectivity index (χ2v) is 4.29. The second-order valence-electron chi connectivity index (χ2n) is 4.29. The van der Waals surface area contributed by atoms with Gasteiger partial charge < -0.3 is 10.1 Å². The Morgan fingerprint density at radius 2 is 2.16 bits per heavy atom. The number of amides is 1. The maximum atomic E-state index is 12.3. The lowest BCUT2D eigenvalue weighted by Crippen LogP contribution is -2.27. The molecule has 0 saturated heterocycles. The van der Waals surface area contributed by atoms with Gasteiger partial charge in [0.05, 0.1) is 5.69 Å². The summed E-state index contributed by atoms with van der Waals surface area (Å²) in [5, 5.41) is 2.53. The van der Waals surface area contributed by atoms with E-state index in [9.17, 15) is 9.59 Å². The number of nitrogens with zero attached hydrogens (tertiary/aromatic N) is 2. The van der Waals surface area contributed by atoms with Gasteiger partial charge in [-0.05, 0) is 25.5 Å². The van der Waals surface area contributed by atoms with Gasteiger partial charge in [0.2, 0.25) is 0 Å². The Bertz CT molecular complexity index is 691. The van der Waals surface area contributed by atoms with E-state index in [-0.39, 0.29) is 23.8 Å². The Labute approximate surface area is 110 Å². The molecule has 0 aliphatic heterocycles. The Kier molecular flexibility index (Phi) is 3.62. The van der Waals surface area contributed by atoms with Crippen LogP contribution in [0.5, 0.6) is 0 Å². The van der Waals surface area contributed by atoms with Crippen molar-refractivity contribution in [2.75, 3.05) is 19.0 Å². The minimum absolute atomic E-state index is 0.102. The number of nitrogens with one attached hydrogen (secondary N) is 1. The molecule has 0 spiro atoms. The van der Waals surface area contributed by atoms with Crippen LogP contribution in [0.2, 0.25) is 0 Å². The molecule has 2 aromatic heterocycles. The summed E-state index contributed by atoms with van der Waals surface area (Å²) in [7, 11) is 1.42. The van der Waals surface area contributed by atoms with Crippen molar-refractivity contribution in [2.45, 2.75) is 13.8 Å². The maximum absolute atomic E-state index is 12.3. The highest BCUT2D eigenvalue weighted by atomic mass is 16.5. The van der Waals surface area contributed by atoms with E-state index in [1.807, 2.05) is 13.0 Å². The normalized spacial score (nSPS) is 10.7. The van der Waals surface area contributed by atoms with Gasteiger partial charge in [-0.3, -0.25) is 14.0 Å². The van der Waals surface area contributed by atoms with Crippen LogP contribution in [0.1, 0.15) is 11.3 Å². The number of hydrogen-bond acceptors (Lipinski definition) is 4. The fourth-order valence-corrected chi connectivity index (χ4v) is 1.81. The van der Waals surface area contributed by atoms with E-state index >= 15 is 0 Å². The third kappa shape index (κ3) is 2.63. The largest absolute Gasteiger partial charge is 0.375 e. The van der Waals surface area contributed by atoms with Gasteiger partial charge >= 0.3 is 0 Å². The quantitative estimate of drug-likeness (QED) is 0.890. The Morgan fingerprint density at radius 1 is 1.42 bits per heavy atom. The fourth-order valence-electron chi connectivity index (χ4n) is 1.81. The van der Waals surface area contributed by atoms with Gasteiger partial charge in [0.25, 0.3) is 11.5 Å². The molecule has 0 saturated carbocycles. The molecule has 2 aromatic rings. The van der Waals surface area contributed by atoms with Crippen LogP contribution in [0.25, 0.3) is 5.65 Å². The molecule has 0 bridgehead atoms. The third-order valence-electron chi connectivity index (χ3n) is 2.69. The molecule has 0 aliphatic carbocycles. The molecule has 1 N–H and O–H groups in total. The predicted octanol–water partition coefficient (Wildman–Crippen LogP) is 0.896. The van der Waals surface area contributed by atoms with Gasteiger partial charge in [-0.15, -0.1) is 0 Å². The monoisotopic (exact) mass is 261 g/mol. The number of ether oxygens (including phenoxy) is 1. The number of carbonyl (C=O) groups is 1. The molecule has 6 nitrogen and oxygen atoms in total. The van der Waals surface area contributed by atoms with Crippen LogP contribution < -0.4 is 10.9 Å². The molecule has 0 unspecified atom stereocenters. The van der Waals surface area contributed by atoms with E-state index in [1.165, 1.54) is 11.5 Å². The van der Waals surface area contributed by atoms with E-state index in [2.05, 4.69) is 10.3 Å². The number of aromatic nitrogens is 2. The van der Waals surface area contributed by atoms with Crippen molar-refractivity contribution in [2.24, 2.45) is 0 Å². The summed E-state index contributed by atoms with van der Waals surface area (Å²) in [6.45, 7) is 3.47. The zero-order valence-electron chi connectivity index (χ0n) is 11.1. The van der Waals surface area contributed by atoms with Crippen LogP contribution in [0.4, 0.5) is 5.69 Å². The first kappa shape index (κ1) is 13.2. The summed E-state index contributed by atoms with van der Waals surface area (Å²) in [5.41, 5.74) is 1.87. The van der Waals surface area contributed by atoms with Crippen molar-refractivity contribution in [3.8, 4) is 0 Å². The van der Waals surface area contributed by atoms with E-state index < -0.39 is 0 Å². The summed E-state index contributed by atoms with van der Waals surface area (Å²) in [5.74, 6) is -0.378. The van der Waals surface area contributed by atoms with E-state index in [4.69, 9.17) is 4.74 Å². The number of carbonyl (C=O) groups excluding carboxylic acids is 1. The van der Waals surface area contributed by atoms with Gasteiger partial charge in [0.15, 0.2) is 0 Å². The predicted molar refractivity (Wildman–Crippen MR) is 71.4 cm³/mol. The molecule has 2 rings (SSSR count). The minimum Gasteiger partial charge on any atom is -0.375 e. The molecule has 0 fully saturated rings. The van der Waals surface area contributed by atoms with E-state index in [1.54, 1.807) is 19.2 Å². The first-order valence-corrected chi connectivity index (χ1v) is 5.81. The van der Waals surface area contributed by atoms with Crippen molar-refractivity contribution >= 4 is 17.2 Å². The highest BCUT2D eigenvalue weighted by Gasteiger charge is 2.12. The maximum Gasteiger partial charge on any atom is 0.281 e. The molecule has 1 amide bonds. The van der Waals surface area contributed by atoms with Crippen molar-refractivity contribution < 1.29 is 9.53 Å². The SMILES string of the molecule is COCC(=O)Nc1c(C)nc2ccc(C)cn2c1=O. The topological polar surface area (TPSA) is 72.7 Å². The van der Waals surface area contributed by atoms with E-state index in [0.29, 0.717) is 11.3 Å². The Hall–Kier alpha value is -2.21. The highest BCUT2D eigenvalue weighted by Crippen LogP contribution is 2.09. The van der Waals surface area contributed by atoms with Gasteiger partial charge in [0.1, 0.15) is 17.9 Å². The van der Waals surface area contributed by atoms with Crippen LogP contribution in [0.3, 0.4) is 0 Å². The van der Waals surface area contributed by atoms with Crippen LogP contribution in [-0.4, -0.2) is 29.0 Å². The number of fused-ring (bicyclic) bond motifs is 1. The van der Waals surface area contributed by atoms with Crippen molar-refractivity contribution in [3.63, 3.8) is 0 Å². The lowest BCUT2D eigenvalue weighted by Gasteiger charge is -2.09. The molecule has 0 radical (unpaired) electrons. The highest BCUT2D eigenvalue weighted by molar-refractivity contribution is 5.92. The fraction of sp³-hybridized carbons (Fsp3) is 0.308. The standard InChI is InChI=1S/C13H15N3O3/c1-8-4-5-10-14-9(2)12(13(18)16(10)6-8)15-11(17)7-19-3/h4-6H,7H2,1-3H3,(H,15,17). The first-order valence-electron chi connectivity index (χ1n) is 5.81. The van der Waals surface area contributed by atoms with Crippen LogP contribution in [0.15, 0.2) is 23.1 Å². The Balaban J connectivity index is 2.55. The summed E-state index contributed by atoms with van der Waals surface area (Å²) in [6.07, 6.45) is 1.69. The van der Waals surface area contributed by atoms with Gasteiger partial charge in [-0.1, -0.05) is 6.07 Å². The molecule has 0 atom stereocenters. The lowest BCUT2D eigenvalue weighted by molar-refractivity contribution is -0.119. The summed E-state index contributed by atoms with van der Waals surface area (Å²) in [4.78, 5) is 28.1. The van der Waals surface area contributed by atoms with Gasteiger partial charge in [-0.25, -0.2) is 4.98 Å². The number of hydrogen-bond donors (Lipinski definition) is 1. The molecular weight excluding hydrogens is 246 g/mol. The van der Waals surface area contributed by atoms with E-state index in [0.717, 1.165) is 5.56 Å². The molecule has 19 heavy (non-hydrogen) atoms. The van der Waals surface area contributed by atoms with Crippen molar-refractivity contribution in [1.29, 1.82) is 0 Å². The van der Waals surface area contributed by atoms with Gasteiger partial charge in [0, 0.05) is 13.3 Å². The molecule has 0 aliphatic rings. The van der Waals surface area contributed by atoms with Crippen LogP contribution in [0, 0.1) is 13.8 Å². The minimum atomic E-state index is -0.378. The molecule has 6 heteroatoms. The number of rotatable bonds is 3. The smallest absolute Gasteiger partial charge is 0.281 e. The second kappa shape index (κ2) is 5.19. The average Bonchev–Trinajstić information content (AvgIpc) is 2.36. The third-order valence-corrected chi connectivity index (χ3v) is 2.69. The molecule has 100 valence electrons. The summed E-state index contributed by atoms with van der Waals surface area (Å²) in [6, 6.07) is 3.65. The average molecular weight is 261 g/mol. The number of aryl methyl sites for hydroxylation is 2. The Morgan fingerprint density at radius 3 is 2.84 bits per heavy atom. The number of pyridine rings is 1. The number of anilines is 1. The molecule has 0 aromatic carbocycles. The van der Waals surface area contributed by atoms with Gasteiger partial charge in [-0.2, -0.15) is 0 Å². The molecular formula is C13H15N3O3. The lowest BCUT2D eigenvalue weighted by atomic mass is 10.3. The van der Waals surface area contributed by atoms with Crippen LogP contribution in [-0.2, 0) is 9.53 Å². The summed E-state index contributed by atoms with van der Waals surface area (Å²) < 4.78 is 6.14. The van der Waals surface area contributed by atoms with Crippen molar-refractivity contribution in [1.82, 2.24) is 9.38 Å². The first-order chi connectivity index (χ1) is 9.02. The molecule has 2 heterocycles. The zero-order valence-corrected chi connectivity index (χ0v) is 11.1.